The average molecular weight is 217 g/mol. The summed E-state index contributed by atoms with van der Waals surface area (Å²) >= 11 is 0. The van der Waals surface area contributed by atoms with E-state index in [1.54, 1.807) is 11.0 Å². The topological polar surface area (TPSA) is 55.6 Å². The van der Waals surface area contributed by atoms with Crippen LogP contribution in [0.5, 0.6) is 0 Å². The molecule has 0 aliphatic carbocycles. The molecule has 0 amide bonds. The second-order valence-corrected chi connectivity index (χ2v) is 3.63. The average Bonchev–Trinajstić information content (AvgIpc) is 2.68. The van der Waals surface area contributed by atoms with Gasteiger partial charge in [-0.1, -0.05) is 0 Å². The lowest BCUT2D eigenvalue weighted by atomic mass is 10.1. The number of anilines is 1. The summed E-state index contributed by atoms with van der Waals surface area (Å²) in [6.07, 6.45) is 5.34. The van der Waals surface area contributed by atoms with Crippen LogP contribution in [0.2, 0.25) is 0 Å². The van der Waals surface area contributed by atoms with Crippen LogP contribution in [-0.2, 0) is 7.05 Å². The summed E-state index contributed by atoms with van der Waals surface area (Å²) in [7, 11) is 1.89. The second kappa shape index (κ2) is 4.30. The summed E-state index contributed by atoms with van der Waals surface area (Å²) in [5.41, 5.74) is 3.00. The van der Waals surface area contributed by atoms with Gasteiger partial charge < -0.3 is 5.32 Å². The maximum absolute atomic E-state index is 4.30. The summed E-state index contributed by atoms with van der Waals surface area (Å²) in [6.45, 7) is 4.91. The Bertz CT molecular complexity index is 489. The molecule has 0 unspecified atom stereocenters. The monoisotopic (exact) mass is 217 g/mol. The first-order valence-electron chi connectivity index (χ1n) is 5.27. The van der Waals surface area contributed by atoms with Crippen LogP contribution in [0.4, 0.5) is 5.82 Å². The quantitative estimate of drug-likeness (QED) is 0.848. The molecule has 0 bridgehead atoms. The van der Waals surface area contributed by atoms with Gasteiger partial charge in [0.15, 0.2) is 0 Å². The first-order chi connectivity index (χ1) is 7.72. The van der Waals surface area contributed by atoms with Crippen molar-refractivity contribution in [1.29, 1.82) is 0 Å². The summed E-state index contributed by atoms with van der Waals surface area (Å²) < 4.78 is 1.77. The van der Waals surface area contributed by atoms with Gasteiger partial charge in [-0.15, -0.1) is 0 Å². The van der Waals surface area contributed by atoms with Gasteiger partial charge in [-0.2, -0.15) is 5.10 Å². The normalized spacial score (nSPS) is 10.4. The van der Waals surface area contributed by atoms with Gasteiger partial charge in [-0.05, 0) is 13.8 Å². The fourth-order valence-corrected chi connectivity index (χ4v) is 1.63. The number of aromatic nitrogens is 4. The Morgan fingerprint density at radius 3 is 2.81 bits per heavy atom. The van der Waals surface area contributed by atoms with Crippen LogP contribution in [0, 0.1) is 6.92 Å². The van der Waals surface area contributed by atoms with Crippen LogP contribution in [0.25, 0.3) is 11.3 Å². The Morgan fingerprint density at radius 2 is 2.19 bits per heavy atom. The van der Waals surface area contributed by atoms with E-state index in [2.05, 4.69) is 20.4 Å². The van der Waals surface area contributed by atoms with Crippen molar-refractivity contribution in [3.05, 3.63) is 24.3 Å². The number of hydrogen-bond donors (Lipinski definition) is 1. The van der Waals surface area contributed by atoms with E-state index >= 15 is 0 Å². The molecular formula is C11H15N5. The van der Waals surface area contributed by atoms with Crippen molar-refractivity contribution >= 4 is 5.82 Å². The van der Waals surface area contributed by atoms with E-state index in [1.807, 2.05) is 33.3 Å². The minimum Gasteiger partial charge on any atom is -0.370 e. The molecular weight excluding hydrogens is 202 g/mol. The molecule has 0 aliphatic heterocycles. The number of nitrogens with zero attached hydrogens (tertiary/aromatic N) is 4. The SMILES string of the molecule is CCNc1ncnc(-c2cnn(C)c2)c1C. The number of aryl methyl sites for hydroxylation is 1. The van der Waals surface area contributed by atoms with Gasteiger partial charge in [0.1, 0.15) is 12.1 Å². The zero-order valence-electron chi connectivity index (χ0n) is 9.73. The Kier molecular flexibility index (Phi) is 2.85. The first kappa shape index (κ1) is 10.6. The zero-order valence-corrected chi connectivity index (χ0v) is 9.73. The molecule has 0 aromatic carbocycles. The highest BCUT2D eigenvalue weighted by Gasteiger charge is 2.09. The number of nitrogens with one attached hydrogen (secondary N) is 1. The third kappa shape index (κ3) is 1.88. The Labute approximate surface area is 94.5 Å². The van der Waals surface area contributed by atoms with Gasteiger partial charge in [-0.25, -0.2) is 9.97 Å². The Balaban J connectivity index is 2.45. The molecule has 0 saturated heterocycles. The molecule has 1 N–H and O–H groups in total. The minimum absolute atomic E-state index is 0.852. The molecule has 16 heavy (non-hydrogen) atoms. The van der Waals surface area contributed by atoms with Gasteiger partial charge in [0.05, 0.1) is 11.9 Å². The first-order valence-corrected chi connectivity index (χ1v) is 5.27. The van der Waals surface area contributed by atoms with Gasteiger partial charge in [-0.3, -0.25) is 4.68 Å². The molecule has 2 rings (SSSR count). The molecule has 0 aliphatic rings. The van der Waals surface area contributed by atoms with Crippen molar-refractivity contribution < 1.29 is 0 Å². The molecule has 0 atom stereocenters. The van der Waals surface area contributed by atoms with Crippen molar-refractivity contribution in [2.45, 2.75) is 13.8 Å². The fourth-order valence-electron chi connectivity index (χ4n) is 1.63. The number of hydrogen-bond acceptors (Lipinski definition) is 4. The predicted octanol–water partition coefficient (Wildman–Crippen LogP) is 1.62. The third-order valence-corrected chi connectivity index (χ3v) is 2.41. The van der Waals surface area contributed by atoms with E-state index in [9.17, 15) is 0 Å². The van der Waals surface area contributed by atoms with Crippen molar-refractivity contribution in [3.63, 3.8) is 0 Å². The van der Waals surface area contributed by atoms with Crippen molar-refractivity contribution in [2.75, 3.05) is 11.9 Å². The molecule has 0 fully saturated rings. The molecule has 0 spiro atoms. The third-order valence-electron chi connectivity index (χ3n) is 2.41. The predicted molar refractivity (Wildman–Crippen MR) is 63.1 cm³/mol. The van der Waals surface area contributed by atoms with Crippen LogP contribution in [-0.4, -0.2) is 26.3 Å². The Morgan fingerprint density at radius 1 is 1.38 bits per heavy atom. The summed E-state index contributed by atoms with van der Waals surface area (Å²) in [5.74, 6) is 0.886. The highest BCUT2D eigenvalue weighted by molar-refractivity contribution is 5.66. The van der Waals surface area contributed by atoms with Crippen LogP contribution < -0.4 is 5.32 Å². The van der Waals surface area contributed by atoms with Crippen molar-refractivity contribution in [1.82, 2.24) is 19.7 Å². The molecule has 2 aromatic heterocycles. The van der Waals surface area contributed by atoms with E-state index in [4.69, 9.17) is 0 Å². The Hall–Kier alpha value is -1.91. The molecule has 5 nitrogen and oxygen atoms in total. The van der Waals surface area contributed by atoms with Crippen LogP contribution in [0.3, 0.4) is 0 Å². The fraction of sp³-hybridized carbons (Fsp3) is 0.364. The molecule has 2 heterocycles. The number of rotatable bonds is 3. The minimum atomic E-state index is 0.852. The molecule has 0 saturated carbocycles. The van der Waals surface area contributed by atoms with Crippen molar-refractivity contribution in [2.24, 2.45) is 7.05 Å². The van der Waals surface area contributed by atoms with E-state index in [0.717, 1.165) is 29.2 Å². The van der Waals surface area contributed by atoms with E-state index in [-0.39, 0.29) is 0 Å². The second-order valence-electron chi connectivity index (χ2n) is 3.63. The largest absolute Gasteiger partial charge is 0.370 e. The summed E-state index contributed by atoms with van der Waals surface area (Å²) in [6, 6.07) is 0. The van der Waals surface area contributed by atoms with Crippen LogP contribution in [0.1, 0.15) is 12.5 Å². The van der Waals surface area contributed by atoms with E-state index < -0.39 is 0 Å². The summed E-state index contributed by atoms with van der Waals surface area (Å²) in [4.78, 5) is 8.51. The highest BCUT2D eigenvalue weighted by atomic mass is 15.2. The molecule has 5 heteroatoms. The van der Waals surface area contributed by atoms with Crippen LogP contribution >= 0.6 is 0 Å². The maximum Gasteiger partial charge on any atom is 0.132 e. The van der Waals surface area contributed by atoms with Gasteiger partial charge in [0.25, 0.3) is 0 Å². The highest BCUT2D eigenvalue weighted by Crippen LogP contribution is 2.23. The molecule has 2 aromatic rings. The smallest absolute Gasteiger partial charge is 0.132 e. The van der Waals surface area contributed by atoms with Crippen LogP contribution in [0.15, 0.2) is 18.7 Å². The molecule has 0 radical (unpaired) electrons. The molecule has 84 valence electrons. The standard InChI is InChI=1S/C11H15N5/c1-4-12-11-8(2)10(13-7-14-11)9-5-15-16(3)6-9/h5-7H,4H2,1-3H3,(H,12,13,14). The van der Waals surface area contributed by atoms with Gasteiger partial charge >= 0.3 is 0 Å². The van der Waals surface area contributed by atoms with Gasteiger partial charge in [0.2, 0.25) is 0 Å². The lowest BCUT2D eigenvalue weighted by Gasteiger charge is -2.08. The lowest BCUT2D eigenvalue weighted by molar-refractivity contribution is 0.768. The summed E-state index contributed by atoms with van der Waals surface area (Å²) in [5, 5.41) is 7.36. The van der Waals surface area contributed by atoms with Crippen molar-refractivity contribution in [3.8, 4) is 11.3 Å². The van der Waals surface area contributed by atoms with E-state index in [0.29, 0.717) is 0 Å². The van der Waals surface area contributed by atoms with Gasteiger partial charge in [0, 0.05) is 30.9 Å². The zero-order chi connectivity index (χ0) is 11.5. The maximum atomic E-state index is 4.30. The lowest BCUT2D eigenvalue weighted by Crippen LogP contribution is -2.03. The van der Waals surface area contributed by atoms with E-state index in [1.165, 1.54) is 0 Å².